The summed E-state index contributed by atoms with van der Waals surface area (Å²) in [5, 5.41) is 30.3. The smallest absolute Gasteiger partial charge is 0.333 e. The third kappa shape index (κ3) is 4.90. The summed E-state index contributed by atoms with van der Waals surface area (Å²) in [5.41, 5.74) is 0.490. The number of aliphatic hydroxyl groups excluding tert-OH is 2. The van der Waals surface area contributed by atoms with Gasteiger partial charge in [-0.15, -0.1) is 0 Å². The van der Waals surface area contributed by atoms with Crippen molar-refractivity contribution in [3.05, 3.63) is 51.9 Å². The molecule has 10 heteroatoms. The van der Waals surface area contributed by atoms with Crippen molar-refractivity contribution >= 4 is 5.97 Å². The Morgan fingerprint density at radius 2 is 2.25 bits per heavy atom. The Hall–Kier alpha value is -2.40. The van der Waals surface area contributed by atoms with Gasteiger partial charge in [-0.25, -0.2) is 4.79 Å². The molecule has 10 nitrogen and oxygen atoms in total. The van der Waals surface area contributed by atoms with Crippen molar-refractivity contribution < 1.29 is 34.1 Å². The lowest BCUT2D eigenvalue weighted by atomic mass is 10.0. The van der Waals surface area contributed by atoms with Crippen LogP contribution < -0.4 is 0 Å². The number of nitro groups is 1. The van der Waals surface area contributed by atoms with Gasteiger partial charge in [-0.1, -0.05) is 13.0 Å². The van der Waals surface area contributed by atoms with Crippen LogP contribution in [0.15, 0.2) is 36.0 Å². The van der Waals surface area contributed by atoms with Crippen LogP contribution in [0.1, 0.15) is 25.5 Å². The minimum absolute atomic E-state index is 0.0239. The second kappa shape index (κ2) is 9.69. The van der Waals surface area contributed by atoms with Crippen molar-refractivity contribution in [2.24, 2.45) is 0 Å². The number of aliphatic hydroxyl groups is 2. The monoisotopic (exact) mass is 396 g/mol. The van der Waals surface area contributed by atoms with Gasteiger partial charge in [-0.2, -0.15) is 0 Å². The average Bonchev–Trinajstić information content (AvgIpc) is 3.10. The first kappa shape index (κ1) is 21.9. The van der Waals surface area contributed by atoms with E-state index in [1.165, 1.54) is 13.2 Å². The van der Waals surface area contributed by atoms with Gasteiger partial charge in [-0.05, 0) is 18.2 Å². The quantitative estimate of drug-likeness (QED) is 0.265. The number of nitrogens with zero attached hydrogens (tertiary/aromatic N) is 2. The van der Waals surface area contributed by atoms with Gasteiger partial charge in [0.1, 0.15) is 18.3 Å². The van der Waals surface area contributed by atoms with E-state index < -0.39 is 48.1 Å². The van der Waals surface area contributed by atoms with E-state index in [4.69, 9.17) is 9.47 Å². The highest BCUT2D eigenvalue weighted by atomic mass is 16.8. The summed E-state index contributed by atoms with van der Waals surface area (Å²) in [6.45, 7) is 0.737. The molecule has 1 saturated heterocycles. The zero-order chi connectivity index (χ0) is 20.7. The SMILES string of the molecule is CCC1(c2ccccn2)OC(C=C(CC[N+](=O)[O-])C(=O)OC)C(C(O)CO)O1. The van der Waals surface area contributed by atoms with Crippen LogP contribution in [0.3, 0.4) is 0 Å². The molecular formula is C18H24N2O8. The van der Waals surface area contributed by atoms with Crippen molar-refractivity contribution in [3.8, 4) is 0 Å². The van der Waals surface area contributed by atoms with E-state index in [9.17, 15) is 25.1 Å². The standard InChI is InChI=1S/C18H24N2O8/c1-3-18(15-6-4-5-8-19-15)27-14(16(28-18)13(22)11-21)10-12(17(23)26-2)7-9-20(24)25/h4-6,8,10,13-14,16,21-22H,3,7,9,11H2,1-2H3. The van der Waals surface area contributed by atoms with Gasteiger partial charge in [0.15, 0.2) is 0 Å². The maximum atomic E-state index is 12.0. The number of rotatable bonds is 9. The van der Waals surface area contributed by atoms with Gasteiger partial charge >= 0.3 is 5.97 Å². The normalized spacial score (nSPS) is 26.1. The molecule has 1 aromatic heterocycles. The second-order valence-corrected chi connectivity index (χ2v) is 6.23. The predicted molar refractivity (Wildman–Crippen MR) is 95.6 cm³/mol. The molecule has 1 aliphatic heterocycles. The number of ether oxygens (including phenoxy) is 3. The first-order valence-corrected chi connectivity index (χ1v) is 8.83. The fourth-order valence-corrected chi connectivity index (χ4v) is 2.98. The molecule has 0 radical (unpaired) electrons. The number of methoxy groups -OCH3 is 1. The van der Waals surface area contributed by atoms with Crippen LogP contribution in [0.4, 0.5) is 0 Å². The van der Waals surface area contributed by atoms with E-state index in [1.54, 1.807) is 31.3 Å². The van der Waals surface area contributed by atoms with Gasteiger partial charge in [0.25, 0.3) is 0 Å². The number of hydrogen-bond donors (Lipinski definition) is 2. The molecule has 4 unspecified atom stereocenters. The number of carbonyl (C=O) groups excluding carboxylic acids is 1. The van der Waals surface area contributed by atoms with Crippen LogP contribution in [0.5, 0.6) is 0 Å². The van der Waals surface area contributed by atoms with E-state index in [0.717, 1.165) is 0 Å². The largest absolute Gasteiger partial charge is 0.466 e. The first-order chi connectivity index (χ1) is 13.4. The Bertz CT molecular complexity index is 711. The molecule has 0 spiro atoms. The molecule has 1 fully saturated rings. The molecule has 154 valence electrons. The van der Waals surface area contributed by atoms with Crippen LogP contribution in [0.2, 0.25) is 0 Å². The van der Waals surface area contributed by atoms with Gasteiger partial charge in [0, 0.05) is 29.5 Å². The number of aromatic nitrogens is 1. The molecule has 4 atom stereocenters. The van der Waals surface area contributed by atoms with E-state index in [1.807, 2.05) is 0 Å². The molecule has 0 saturated carbocycles. The highest BCUT2D eigenvalue weighted by Gasteiger charge is 2.50. The molecule has 1 aliphatic rings. The highest BCUT2D eigenvalue weighted by Crippen LogP contribution is 2.41. The summed E-state index contributed by atoms with van der Waals surface area (Å²) in [6.07, 6.45) is -0.189. The number of esters is 1. The Kier molecular flexibility index (Phi) is 7.58. The van der Waals surface area contributed by atoms with Crippen molar-refractivity contribution in [2.75, 3.05) is 20.3 Å². The predicted octanol–water partition coefficient (Wildman–Crippen LogP) is 0.548. The molecule has 2 N–H and O–H groups in total. The number of pyridine rings is 1. The lowest BCUT2D eigenvalue weighted by Gasteiger charge is -2.26. The fourth-order valence-electron chi connectivity index (χ4n) is 2.98. The van der Waals surface area contributed by atoms with Crippen molar-refractivity contribution in [2.45, 2.75) is 43.9 Å². The van der Waals surface area contributed by atoms with Gasteiger partial charge in [0.05, 0.1) is 19.4 Å². The lowest BCUT2D eigenvalue weighted by molar-refractivity contribution is -0.479. The van der Waals surface area contributed by atoms with E-state index in [2.05, 4.69) is 9.72 Å². The van der Waals surface area contributed by atoms with Crippen molar-refractivity contribution in [1.29, 1.82) is 0 Å². The summed E-state index contributed by atoms with van der Waals surface area (Å²) in [5.74, 6) is -2.04. The van der Waals surface area contributed by atoms with Gasteiger partial charge in [0.2, 0.25) is 12.3 Å². The summed E-state index contributed by atoms with van der Waals surface area (Å²) in [4.78, 5) is 26.4. The molecule has 0 aliphatic carbocycles. The summed E-state index contributed by atoms with van der Waals surface area (Å²) in [7, 11) is 1.17. The molecule has 0 aromatic carbocycles. The molecule has 0 bridgehead atoms. The zero-order valence-corrected chi connectivity index (χ0v) is 15.7. The number of hydrogen-bond acceptors (Lipinski definition) is 9. The fraction of sp³-hybridized carbons (Fsp3) is 0.556. The Labute approximate surface area is 161 Å². The minimum atomic E-state index is -1.30. The molecule has 0 amide bonds. The molecular weight excluding hydrogens is 372 g/mol. The second-order valence-electron chi connectivity index (χ2n) is 6.23. The van der Waals surface area contributed by atoms with E-state index in [-0.39, 0.29) is 12.0 Å². The average molecular weight is 396 g/mol. The maximum Gasteiger partial charge on any atom is 0.333 e. The van der Waals surface area contributed by atoms with Crippen molar-refractivity contribution in [1.82, 2.24) is 4.98 Å². The van der Waals surface area contributed by atoms with E-state index in [0.29, 0.717) is 12.1 Å². The van der Waals surface area contributed by atoms with Crippen LogP contribution in [0, 0.1) is 10.1 Å². The minimum Gasteiger partial charge on any atom is -0.466 e. The Balaban J connectivity index is 2.40. The molecule has 1 aromatic rings. The molecule has 2 rings (SSSR count). The lowest BCUT2D eigenvalue weighted by Crippen LogP contribution is -2.37. The topological polar surface area (TPSA) is 141 Å². The summed E-state index contributed by atoms with van der Waals surface area (Å²) < 4.78 is 16.7. The third-order valence-electron chi connectivity index (χ3n) is 4.44. The summed E-state index contributed by atoms with van der Waals surface area (Å²) >= 11 is 0. The van der Waals surface area contributed by atoms with Gasteiger partial charge in [-0.3, -0.25) is 15.1 Å². The molecule has 2 heterocycles. The number of carbonyl (C=O) groups is 1. The molecule has 28 heavy (non-hydrogen) atoms. The summed E-state index contributed by atoms with van der Waals surface area (Å²) in [6, 6.07) is 5.18. The highest BCUT2D eigenvalue weighted by molar-refractivity contribution is 5.88. The van der Waals surface area contributed by atoms with Crippen LogP contribution >= 0.6 is 0 Å². The van der Waals surface area contributed by atoms with Crippen molar-refractivity contribution in [3.63, 3.8) is 0 Å². The van der Waals surface area contributed by atoms with Crippen LogP contribution in [0.25, 0.3) is 0 Å². The third-order valence-corrected chi connectivity index (χ3v) is 4.44. The van der Waals surface area contributed by atoms with Crippen LogP contribution in [-0.2, 0) is 24.8 Å². The first-order valence-electron chi connectivity index (χ1n) is 8.83. The van der Waals surface area contributed by atoms with E-state index >= 15 is 0 Å². The zero-order valence-electron chi connectivity index (χ0n) is 15.7. The van der Waals surface area contributed by atoms with Crippen LogP contribution in [-0.4, -0.2) is 64.7 Å². The Morgan fingerprint density at radius 1 is 1.50 bits per heavy atom. The maximum absolute atomic E-state index is 12.0. The van der Waals surface area contributed by atoms with Gasteiger partial charge < -0.3 is 24.4 Å². The Morgan fingerprint density at radius 3 is 2.79 bits per heavy atom.